The van der Waals surface area contributed by atoms with Crippen LogP contribution in [0.1, 0.15) is 42.4 Å². The number of rotatable bonds is 7. The summed E-state index contributed by atoms with van der Waals surface area (Å²) in [6.45, 7) is 7.88. The molecule has 1 aromatic heterocycles. The summed E-state index contributed by atoms with van der Waals surface area (Å²) in [5.74, 6) is -0.223. The first-order valence-corrected chi connectivity index (χ1v) is 13.6. The third-order valence-corrected chi connectivity index (χ3v) is 6.59. The molecule has 0 unspecified atom stereocenters. The van der Waals surface area contributed by atoms with Gasteiger partial charge in [-0.1, -0.05) is 41.4 Å². The van der Waals surface area contributed by atoms with Crippen molar-refractivity contribution in [2.24, 2.45) is 0 Å². The van der Waals surface area contributed by atoms with Crippen LogP contribution < -0.4 is 10.2 Å². The van der Waals surface area contributed by atoms with E-state index >= 15 is 0 Å². The number of thiazole rings is 1. The summed E-state index contributed by atoms with van der Waals surface area (Å²) < 4.78 is 5.64. The maximum absolute atomic E-state index is 13.3. The number of nitrogens with zero attached hydrogens (tertiary/aromatic N) is 2. The van der Waals surface area contributed by atoms with Crippen molar-refractivity contribution in [3.63, 3.8) is 0 Å². The average molecular weight is 548 g/mol. The van der Waals surface area contributed by atoms with Gasteiger partial charge in [-0.25, -0.2) is 9.78 Å². The first-order valence-electron chi connectivity index (χ1n) is 12.2. The quantitative estimate of drug-likeness (QED) is 0.254. The highest BCUT2D eigenvalue weighted by molar-refractivity contribution is 7.07. The molecular formula is C30H30ClN3O3S. The highest BCUT2D eigenvalue weighted by Gasteiger charge is 2.24. The lowest BCUT2D eigenvalue weighted by molar-refractivity contribution is 0.0580. The Kier molecular flexibility index (Phi) is 8.49. The van der Waals surface area contributed by atoms with Crippen molar-refractivity contribution in [1.29, 1.82) is 0 Å². The van der Waals surface area contributed by atoms with Crippen LogP contribution >= 0.6 is 22.9 Å². The second kappa shape index (κ2) is 11.8. The van der Waals surface area contributed by atoms with E-state index in [0.717, 1.165) is 22.4 Å². The van der Waals surface area contributed by atoms with E-state index in [0.29, 0.717) is 34.9 Å². The van der Waals surface area contributed by atoms with E-state index < -0.39 is 11.7 Å². The Balaban J connectivity index is 1.54. The molecule has 0 saturated carbocycles. The fraction of sp³-hybridized carbons (Fsp3) is 0.233. The second-order valence-corrected chi connectivity index (χ2v) is 11.1. The van der Waals surface area contributed by atoms with Crippen LogP contribution in [0.2, 0.25) is 5.02 Å². The normalized spacial score (nSPS) is 11.2. The zero-order valence-electron chi connectivity index (χ0n) is 21.8. The van der Waals surface area contributed by atoms with E-state index in [9.17, 15) is 9.59 Å². The Labute approximate surface area is 232 Å². The first kappa shape index (κ1) is 27.4. The van der Waals surface area contributed by atoms with Gasteiger partial charge in [0.25, 0.3) is 5.91 Å². The highest BCUT2D eigenvalue weighted by atomic mass is 35.5. The van der Waals surface area contributed by atoms with Crippen molar-refractivity contribution >= 4 is 46.3 Å². The lowest BCUT2D eigenvalue weighted by Gasteiger charge is -2.27. The van der Waals surface area contributed by atoms with Crippen LogP contribution in [0.15, 0.2) is 77.6 Å². The number of aromatic nitrogens is 1. The van der Waals surface area contributed by atoms with Crippen LogP contribution in [-0.4, -0.2) is 29.1 Å². The Morgan fingerprint density at radius 2 is 1.74 bits per heavy atom. The minimum Gasteiger partial charge on any atom is -0.443 e. The topological polar surface area (TPSA) is 71.5 Å². The summed E-state index contributed by atoms with van der Waals surface area (Å²) in [5.41, 5.74) is 6.63. The average Bonchev–Trinajstić information content (AvgIpc) is 3.38. The monoisotopic (exact) mass is 547 g/mol. The lowest BCUT2D eigenvalue weighted by Crippen LogP contribution is -2.38. The van der Waals surface area contributed by atoms with Crippen molar-refractivity contribution in [2.75, 3.05) is 16.8 Å². The third kappa shape index (κ3) is 7.21. The number of ether oxygens (including phenoxy) is 1. The zero-order valence-corrected chi connectivity index (χ0v) is 23.4. The molecule has 0 fully saturated rings. The molecule has 0 bridgehead atoms. The number of hydrogen-bond acceptors (Lipinski definition) is 5. The Morgan fingerprint density at radius 3 is 2.37 bits per heavy atom. The molecule has 4 aromatic rings. The minimum atomic E-state index is -0.626. The van der Waals surface area contributed by atoms with E-state index in [1.165, 1.54) is 11.3 Å². The summed E-state index contributed by atoms with van der Waals surface area (Å²) in [7, 11) is 0. The van der Waals surface area contributed by atoms with Gasteiger partial charge < -0.3 is 10.1 Å². The SMILES string of the molecule is Cc1ccc(-c2ccc(Cl)cc2)c(C(=O)Nc2ccc(N(CCc3cscn3)C(=O)OC(C)(C)C)cc2)c1. The van der Waals surface area contributed by atoms with Gasteiger partial charge in [0.2, 0.25) is 0 Å². The predicted octanol–water partition coefficient (Wildman–Crippen LogP) is 8.01. The highest BCUT2D eigenvalue weighted by Crippen LogP contribution is 2.28. The maximum Gasteiger partial charge on any atom is 0.414 e. The van der Waals surface area contributed by atoms with Crippen molar-refractivity contribution in [3.8, 4) is 11.1 Å². The maximum atomic E-state index is 13.3. The van der Waals surface area contributed by atoms with Gasteiger partial charge in [0, 0.05) is 40.3 Å². The van der Waals surface area contributed by atoms with Crippen LogP contribution in [0.3, 0.4) is 0 Å². The summed E-state index contributed by atoms with van der Waals surface area (Å²) in [5, 5.41) is 5.59. The minimum absolute atomic E-state index is 0.223. The molecule has 196 valence electrons. The van der Waals surface area contributed by atoms with E-state index in [2.05, 4.69) is 10.3 Å². The van der Waals surface area contributed by atoms with Crippen LogP contribution in [0.4, 0.5) is 16.2 Å². The van der Waals surface area contributed by atoms with Gasteiger partial charge in [0.1, 0.15) is 5.60 Å². The van der Waals surface area contributed by atoms with E-state index in [1.54, 1.807) is 34.7 Å². The Hall–Kier alpha value is -3.68. The van der Waals surface area contributed by atoms with E-state index in [4.69, 9.17) is 16.3 Å². The van der Waals surface area contributed by atoms with Gasteiger partial charge in [-0.3, -0.25) is 9.69 Å². The van der Waals surface area contributed by atoms with E-state index in [1.807, 2.05) is 75.5 Å². The molecule has 3 aromatic carbocycles. The van der Waals surface area contributed by atoms with Crippen LogP contribution in [0, 0.1) is 6.92 Å². The van der Waals surface area contributed by atoms with Crippen LogP contribution in [-0.2, 0) is 11.2 Å². The number of carbonyl (C=O) groups is 2. The number of anilines is 2. The number of amides is 2. The largest absolute Gasteiger partial charge is 0.443 e. The molecule has 38 heavy (non-hydrogen) atoms. The molecule has 0 aliphatic carbocycles. The third-order valence-electron chi connectivity index (χ3n) is 5.70. The van der Waals surface area contributed by atoms with Crippen molar-refractivity contribution < 1.29 is 14.3 Å². The van der Waals surface area contributed by atoms with Crippen molar-refractivity contribution in [1.82, 2.24) is 4.98 Å². The van der Waals surface area contributed by atoms with Crippen LogP contribution in [0.5, 0.6) is 0 Å². The number of benzene rings is 3. The van der Waals surface area contributed by atoms with Gasteiger partial charge in [-0.2, -0.15) is 0 Å². The second-order valence-electron chi connectivity index (χ2n) is 9.92. The summed E-state index contributed by atoms with van der Waals surface area (Å²) in [6, 6.07) is 20.4. The zero-order chi connectivity index (χ0) is 27.3. The van der Waals surface area contributed by atoms with Crippen LogP contribution in [0.25, 0.3) is 11.1 Å². The molecular weight excluding hydrogens is 518 g/mol. The molecule has 0 spiro atoms. The van der Waals surface area contributed by atoms with Gasteiger partial charge in [-0.15, -0.1) is 11.3 Å². The van der Waals surface area contributed by atoms with Crippen molar-refractivity contribution in [3.05, 3.63) is 99.5 Å². The standard InChI is InChI=1S/C30H30ClN3O3S/c1-20-5-14-26(21-6-8-22(31)9-7-21)27(17-20)28(35)33-23-10-12-25(13-11-23)34(29(36)37-30(2,3)4)16-15-24-18-38-19-32-24/h5-14,17-19H,15-16H2,1-4H3,(H,33,35). The summed E-state index contributed by atoms with van der Waals surface area (Å²) in [4.78, 5) is 32.2. The molecule has 6 nitrogen and oxygen atoms in total. The smallest absolute Gasteiger partial charge is 0.414 e. The van der Waals surface area contributed by atoms with Gasteiger partial charge in [0.15, 0.2) is 0 Å². The number of carbonyl (C=O) groups excluding carboxylic acids is 2. The summed E-state index contributed by atoms with van der Waals surface area (Å²) in [6.07, 6.45) is 0.166. The number of aryl methyl sites for hydroxylation is 1. The van der Waals surface area contributed by atoms with Gasteiger partial charge in [-0.05, 0) is 81.3 Å². The van der Waals surface area contributed by atoms with E-state index in [-0.39, 0.29) is 5.91 Å². The first-order chi connectivity index (χ1) is 18.1. The number of halogens is 1. The lowest BCUT2D eigenvalue weighted by atomic mass is 9.97. The van der Waals surface area contributed by atoms with Gasteiger partial charge >= 0.3 is 6.09 Å². The van der Waals surface area contributed by atoms with Gasteiger partial charge in [0.05, 0.1) is 11.2 Å². The number of nitrogens with one attached hydrogen (secondary N) is 1. The van der Waals surface area contributed by atoms with Crippen molar-refractivity contribution in [2.45, 2.75) is 39.7 Å². The Bertz CT molecular complexity index is 1400. The molecule has 2 amide bonds. The molecule has 4 rings (SSSR count). The molecule has 1 heterocycles. The molecule has 0 atom stereocenters. The number of hydrogen-bond donors (Lipinski definition) is 1. The summed E-state index contributed by atoms with van der Waals surface area (Å²) >= 11 is 7.57. The molecule has 0 saturated heterocycles. The molecule has 0 aliphatic heterocycles. The Morgan fingerprint density at radius 1 is 1.03 bits per heavy atom. The molecule has 1 N–H and O–H groups in total. The fourth-order valence-corrected chi connectivity index (χ4v) is 4.60. The molecule has 8 heteroatoms. The molecule has 0 radical (unpaired) electrons. The molecule has 0 aliphatic rings. The fourth-order valence-electron chi connectivity index (χ4n) is 3.88. The predicted molar refractivity (Wildman–Crippen MR) is 155 cm³/mol.